The van der Waals surface area contributed by atoms with Gasteiger partial charge in [-0.2, -0.15) is 0 Å². The zero-order chi connectivity index (χ0) is 15.3. The van der Waals surface area contributed by atoms with Crippen molar-refractivity contribution in [3.8, 4) is 0 Å². The molecule has 1 aliphatic heterocycles. The van der Waals surface area contributed by atoms with Gasteiger partial charge in [0.25, 0.3) is 0 Å². The Balaban J connectivity index is 2.43. The van der Waals surface area contributed by atoms with Crippen LogP contribution >= 0.6 is 0 Å². The third kappa shape index (κ3) is 4.65. The summed E-state index contributed by atoms with van der Waals surface area (Å²) in [6, 6.07) is 0. The first kappa shape index (κ1) is 17.3. The molecule has 0 aromatic heterocycles. The maximum absolute atomic E-state index is 10.4. The molecule has 118 valence electrons. The van der Waals surface area contributed by atoms with Crippen molar-refractivity contribution in [3.05, 3.63) is 0 Å². The fraction of sp³-hybridized carbons (Fsp3) is 0.917. The average Bonchev–Trinajstić information content (AvgIpc) is 2.42. The molecule has 1 fully saturated rings. The van der Waals surface area contributed by atoms with E-state index in [2.05, 4.69) is 0 Å². The molecule has 0 spiro atoms. The maximum atomic E-state index is 10.4. The second-order valence-corrected chi connectivity index (χ2v) is 5.07. The lowest BCUT2D eigenvalue weighted by atomic mass is 9.99. The minimum atomic E-state index is -1.47. The van der Waals surface area contributed by atoms with Crippen LogP contribution in [-0.2, 0) is 14.3 Å². The van der Waals surface area contributed by atoms with Crippen molar-refractivity contribution in [2.24, 2.45) is 5.92 Å². The number of hydrogen-bond donors (Lipinski definition) is 5. The molecular weight excluding hydrogens is 272 g/mol. The van der Waals surface area contributed by atoms with Crippen molar-refractivity contribution in [3.63, 3.8) is 0 Å². The molecule has 0 bridgehead atoms. The molecular formula is C12H22O8. The van der Waals surface area contributed by atoms with Gasteiger partial charge in [-0.25, -0.2) is 0 Å². The Morgan fingerprint density at radius 1 is 1.25 bits per heavy atom. The van der Waals surface area contributed by atoms with Gasteiger partial charge in [-0.15, -0.1) is 0 Å². The number of aliphatic hydroxyl groups is 4. The van der Waals surface area contributed by atoms with Gasteiger partial charge in [-0.05, 0) is 12.3 Å². The highest BCUT2D eigenvalue weighted by atomic mass is 16.7. The lowest BCUT2D eigenvalue weighted by Gasteiger charge is -2.39. The van der Waals surface area contributed by atoms with Crippen LogP contribution in [0.25, 0.3) is 0 Å². The molecule has 0 amide bonds. The van der Waals surface area contributed by atoms with Gasteiger partial charge >= 0.3 is 5.97 Å². The van der Waals surface area contributed by atoms with E-state index in [0.29, 0.717) is 6.42 Å². The highest BCUT2D eigenvalue weighted by molar-refractivity contribution is 5.66. The summed E-state index contributed by atoms with van der Waals surface area (Å²) >= 11 is 0. The van der Waals surface area contributed by atoms with E-state index >= 15 is 0 Å². The van der Waals surface area contributed by atoms with Crippen LogP contribution in [0.2, 0.25) is 0 Å². The fourth-order valence-corrected chi connectivity index (χ4v) is 1.92. The molecule has 8 nitrogen and oxygen atoms in total. The van der Waals surface area contributed by atoms with E-state index in [1.807, 2.05) is 0 Å². The van der Waals surface area contributed by atoms with Gasteiger partial charge < -0.3 is 35.0 Å². The Kier molecular flexibility index (Phi) is 6.80. The van der Waals surface area contributed by atoms with Crippen molar-refractivity contribution < 1.29 is 39.8 Å². The zero-order valence-corrected chi connectivity index (χ0v) is 11.3. The predicted molar refractivity (Wildman–Crippen MR) is 65.8 cm³/mol. The second-order valence-electron chi connectivity index (χ2n) is 5.07. The number of aliphatic hydroxyl groups excluding tert-OH is 4. The zero-order valence-electron chi connectivity index (χ0n) is 11.3. The van der Waals surface area contributed by atoms with Gasteiger partial charge in [0.15, 0.2) is 6.29 Å². The molecule has 6 atom stereocenters. The van der Waals surface area contributed by atoms with E-state index in [1.165, 1.54) is 0 Å². The highest BCUT2D eigenvalue weighted by Gasteiger charge is 2.44. The van der Waals surface area contributed by atoms with Crippen LogP contribution in [-0.4, -0.2) is 75.4 Å². The largest absolute Gasteiger partial charge is 0.481 e. The standard InChI is InChI=1S/C12H22O8/c1-6(2-3-8(14)15)5-19-12-11(18)10(17)9(16)7(4-13)20-12/h6-7,9-13,16-18H,2-5H2,1H3,(H,14,15). The van der Waals surface area contributed by atoms with Gasteiger partial charge in [-0.1, -0.05) is 6.92 Å². The summed E-state index contributed by atoms with van der Waals surface area (Å²) in [5, 5.41) is 46.4. The molecule has 0 aromatic rings. The lowest BCUT2D eigenvalue weighted by molar-refractivity contribution is -0.303. The molecule has 8 heteroatoms. The third-order valence-electron chi connectivity index (χ3n) is 3.24. The summed E-state index contributed by atoms with van der Waals surface area (Å²) < 4.78 is 10.5. The fourth-order valence-electron chi connectivity index (χ4n) is 1.92. The Morgan fingerprint density at radius 3 is 2.45 bits per heavy atom. The van der Waals surface area contributed by atoms with Crippen molar-refractivity contribution in [1.29, 1.82) is 0 Å². The molecule has 0 aromatic carbocycles. The van der Waals surface area contributed by atoms with E-state index in [4.69, 9.17) is 19.7 Å². The van der Waals surface area contributed by atoms with Crippen LogP contribution in [0.1, 0.15) is 19.8 Å². The van der Waals surface area contributed by atoms with Crippen LogP contribution in [0.15, 0.2) is 0 Å². The van der Waals surface area contributed by atoms with Gasteiger partial charge in [0.1, 0.15) is 24.4 Å². The molecule has 1 aliphatic rings. The Hall–Kier alpha value is -0.770. The van der Waals surface area contributed by atoms with Crippen molar-refractivity contribution >= 4 is 5.97 Å². The average molecular weight is 294 g/mol. The lowest BCUT2D eigenvalue weighted by Crippen LogP contribution is -2.59. The van der Waals surface area contributed by atoms with E-state index in [-0.39, 0.29) is 18.9 Å². The Morgan fingerprint density at radius 2 is 1.90 bits per heavy atom. The Bertz CT molecular complexity index is 308. The Labute approximate surface area is 116 Å². The second kappa shape index (κ2) is 7.87. The monoisotopic (exact) mass is 294 g/mol. The van der Waals surface area contributed by atoms with Crippen LogP contribution in [0, 0.1) is 5.92 Å². The molecule has 20 heavy (non-hydrogen) atoms. The molecule has 6 unspecified atom stereocenters. The first-order chi connectivity index (χ1) is 9.36. The molecule has 0 saturated carbocycles. The summed E-state index contributed by atoms with van der Waals surface area (Å²) in [5.74, 6) is -0.969. The third-order valence-corrected chi connectivity index (χ3v) is 3.24. The summed E-state index contributed by atoms with van der Waals surface area (Å²) in [6.45, 7) is 1.41. The highest BCUT2D eigenvalue weighted by Crippen LogP contribution is 2.22. The van der Waals surface area contributed by atoms with Crippen molar-refractivity contribution in [2.45, 2.75) is 50.5 Å². The maximum Gasteiger partial charge on any atom is 0.303 e. The van der Waals surface area contributed by atoms with Crippen LogP contribution < -0.4 is 0 Å². The quantitative estimate of drug-likeness (QED) is 0.375. The first-order valence-corrected chi connectivity index (χ1v) is 6.50. The van der Waals surface area contributed by atoms with Gasteiger partial charge in [0, 0.05) is 6.42 Å². The minimum Gasteiger partial charge on any atom is -0.481 e. The van der Waals surface area contributed by atoms with E-state index < -0.39 is 43.3 Å². The molecule has 0 aliphatic carbocycles. The van der Waals surface area contributed by atoms with Crippen LogP contribution in [0.4, 0.5) is 0 Å². The number of aliphatic carboxylic acids is 1. The van der Waals surface area contributed by atoms with Crippen LogP contribution in [0.3, 0.4) is 0 Å². The number of hydrogen-bond acceptors (Lipinski definition) is 7. The summed E-state index contributed by atoms with van der Waals surface area (Å²) in [6.07, 6.45) is -6.07. The van der Waals surface area contributed by atoms with Gasteiger partial charge in [0.2, 0.25) is 0 Å². The molecule has 1 heterocycles. The number of carboxylic acid groups (broad SMARTS) is 1. The van der Waals surface area contributed by atoms with E-state index in [9.17, 15) is 20.1 Å². The van der Waals surface area contributed by atoms with Crippen LogP contribution in [0.5, 0.6) is 0 Å². The summed E-state index contributed by atoms with van der Waals surface area (Å²) in [4.78, 5) is 10.4. The summed E-state index contributed by atoms with van der Waals surface area (Å²) in [7, 11) is 0. The molecule has 1 saturated heterocycles. The molecule has 0 radical (unpaired) electrons. The van der Waals surface area contributed by atoms with Crippen molar-refractivity contribution in [2.75, 3.05) is 13.2 Å². The summed E-state index contributed by atoms with van der Waals surface area (Å²) in [5.41, 5.74) is 0. The predicted octanol–water partition coefficient (Wildman–Crippen LogP) is -1.70. The SMILES string of the molecule is CC(CCC(=O)O)COC1OC(CO)C(O)C(O)C1O. The van der Waals surface area contributed by atoms with Gasteiger partial charge in [-0.3, -0.25) is 4.79 Å². The van der Waals surface area contributed by atoms with E-state index in [0.717, 1.165) is 0 Å². The minimum absolute atomic E-state index is 0.0131. The van der Waals surface area contributed by atoms with E-state index in [1.54, 1.807) is 6.92 Å². The molecule has 5 N–H and O–H groups in total. The smallest absolute Gasteiger partial charge is 0.303 e. The topological polar surface area (TPSA) is 137 Å². The normalized spacial score (nSPS) is 35.8. The first-order valence-electron chi connectivity index (χ1n) is 6.50. The number of carbonyl (C=O) groups is 1. The van der Waals surface area contributed by atoms with Crippen molar-refractivity contribution in [1.82, 2.24) is 0 Å². The van der Waals surface area contributed by atoms with Gasteiger partial charge in [0.05, 0.1) is 13.2 Å². The number of rotatable bonds is 7. The number of carboxylic acids is 1. The number of ether oxygens (including phenoxy) is 2. The molecule has 1 rings (SSSR count).